The summed E-state index contributed by atoms with van der Waals surface area (Å²) < 4.78 is 14.4. The van der Waals surface area contributed by atoms with Gasteiger partial charge in [0.25, 0.3) is 0 Å². The maximum atomic E-state index is 13.7. The van der Waals surface area contributed by atoms with Gasteiger partial charge in [-0.05, 0) is 31.5 Å². The highest BCUT2D eigenvalue weighted by Crippen LogP contribution is 2.32. The van der Waals surface area contributed by atoms with Crippen LogP contribution in [0.2, 0.25) is 0 Å². The first kappa shape index (κ1) is 12.5. The largest absolute Gasteiger partial charge is 0.389 e. The van der Waals surface area contributed by atoms with E-state index in [-0.39, 0.29) is 5.82 Å². The van der Waals surface area contributed by atoms with Gasteiger partial charge in [-0.3, -0.25) is 0 Å². The summed E-state index contributed by atoms with van der Waals surface area (Å²) >= 11 is 2.67. The third-order valence-corrected chi connectivity index (χ3v) is 4.08. The molecule has 1 N–H and O–H groups in total. The fraction of sp³-hybridized carbons (Fsp3) is 0.273. The Morgan fingerprint density at radius 1 is 1.41 bits per heavy atom. The van der Waals surface area contributed by atoms with Crippen molar-refractivity contribution in [1.29, 1.82) is 0 Å². The van der Waals surface area contributed by atoms with Crippen LogP contribution < -0.4 is 0 Å². The van der Waals surface area contributed by atoms with Crippen molar-refractivity contribution in [2.75, 3.05) is 0 Å². The summed E-state index contributed by atoms with van der Waals surface area (Å²) in [6.07, 6.45) is -0.660. The first-order chi connectivity index (χ1) is 8.06. The van der Waals surface area contributed by atoms with Crippen LogP contribution in [0.4, 0.5) is 4.39 Å². The summed E-state index contributed by atoms with van der Waals surface area (Å²) in [4.78, 5) is 0.491. The minimum Gasteiger partial charge on any atom is -0.389 e. The van der Waals surface area contributed by atoms with E-state index < -0.39 is 6.10 Å². The molecule has 17 heavy (non-hydrogen) atoms. The van der Waals surface area contributed by atoms with Gasteiger partial charge in [-0.15, -0.1) is 10.2 Å². The Balaban J connectivity index is 2.22. The topological polar surface area (TPSA) is 46.0 Å². The first-order valence-electron chi connectivity index (χ1n) is 5.01. The Bertz CT molecular complexity index is 528. The normalized spacial score (nSPS) is 12.7. The van der Waals surface area contributed by atoms with Crippen molar-refractivity contribution in [2.24, 2.45) is 0 Å². The van der Waals surface area contributed by atoms with Crippen LogP contribution in [0.3, 0.4) is 0 Å². The number of halogens is 1. The fourth-order valence-corrected chi connectivity index (χ4v) is 3.05. The van der Waals surface area contributed by atoms with E-state index >= 15 is 0 Å². The zero-order valence-electron chi connectivity index (χ0n) is 9.35. The number of aliphatic hydroxyl groups is 1. The molecule has 1 aromatic carbocycles. The number of aromatic nitrogens is 2. The highest BCUT2D eigenvalue weighted by Gasteiger charge is 2.10. The smallest absolute Gasteiger partial charge is 0.179 e. The maximum absolute atomic E-state index is 13.7. The van der Waals surface area contributed by atoms with Crippen LogP contribution in [0, 0.1) is 12.7 Å². The van der Waals surface area contributed by atoms with Crippen LogP contribution in [0.15, 0.2) is 27.4 Å². The van der Waals surface area contributed by atoms with Gasteiger partial charge in [-0.2, -0.15) is 0 Å². The number of aliphatic hydroxyl groups excluding tert-OH is 1. The monoisotopic (exact) mass is 270 g/mol. The second-order valence-corrected chi connectivity index (χ2v) is 6.03. The molecule has 0 aliphatic carbocycles. The van der Waals surface area contributed by atoms with Gasteiger partial charge in [0, 0.05) is 0 Å². The molecular weight excluding hydrogens is 259 g/mol. The van der Waals surface area contributed by atoms with Gasteiger partial charge in [0.05, 0.1) is 11.0 Å². The molecule has 1 heterocycles. The molecular formula is C11H11FN2OS2. The van der Waals surface area contributed by atoms with E-state index in [4.69, 9.17) is 0 Å². The molecule has 0 aliphatic rings. The van der Waals surface area contributed by atoms with E-state index in [1.807, 2.05) is 6.92 Å². The first-order valence-corrected chi connectivity index (χ1v) is 6.65. The Morgan fingerprint density at radius 3 is 2.71 bits per heavy atom. The van der Waals surface area contributed by atoms with E-state index in [1.54, 1.807) is 19.1 Å². The minimum atomic E-state index is -0.660. The third kappa shape index (κ3) is 3.02. The van der Waals surface area contributed by atoms with Crippen molar-refractivity contribution in [3.8, 4) is 0 Å². The van der Waals surface area contributed by atoms with Crippen molar-refractivity contribution in [3.63, 3.8) is 0 Å². The highest BCUT2D eigenvalue weighted by atomic mass is 32.2. The van der Waals surface area contributed by atoms with E-state index in [2.05, 4.69) is 10.2 Å². The SMILES string of the molecule is Cc1nnc(Sc2ccc([C@@H](C)O)cc2F)s1. The predicted octanol–water partition coefficient (Wildman–Crippen LogP) is 3.19. The zero-order chi connectivity index (χ0) is 12.4. The Morgan fingerprint density at radius 2 is 2.18 bits per heavy atom. The lowest BCUT2D eigenvalue weighted by Crippen LogP contribution is -1.92. The second kappa shape index (κ2) is 5.12. The van der Waals surface area contributed by atoms with Crippen LogP contribution >= 0.6 is 23.1 Å². The molecule has 2 aromatic rings. The van der Waals surface area contributed by atoms with Gasteiger partial charge in [0.15, 0.2) is 4.34 Å². The lowest BCUT2D eigenvalue weighted by atomic mass is 10.1. The van der Waals surface area contributed by atoms with Crippen molar-refractivity contribution in [2.45, 2.75) is 29.2 Å². The van der Waals surface area contributed by atoms with E-state index in [9.17, 15) is 9.50 Å². The summed E-state index contributed by atoms with van der Waals surface area (Å²) in [5.41, 5.74) is 0.570. The molecule has 0 aliphatic heterocycles. The van der Waals surface area contributed by atoms with Gasteiger partial charge in [-0.1, -0.05) is 29.2 Å². The molecule has 0 saturated heterocycles. The lowest BCUT2D eigenvalue weighted by molar-refractivity contribution is 0.198. The highest BCUT2D eigenvalue weighted by molar-refractivity contribution is 8.01. The average Bonchev–Trinajstić information content (AvgIpc) is 2.67. The van der Waals surface area contributed by atoms with Gasteiger partial charge >= 0.3 is 0 Å². The molecule has 0 fully saturated rings. The number of benzene rings is 1. The average molecular weight is 270 g/mol. The van der Waals surface area contributed by atoms with Crippen LogP contribution in [-0.2, 0) is 0 Å². The molecule has 0 bridgehead atoms. The molecule has 0 saturated carbocycles. The summed E-state index contributed by atoms with van der Waals surface area (Å²) in [7, 11) is 0. The number of rotatable bonds is 3. The summed E-state index contributed by atoms with van der Waals surface area (Å²) in [6.45, 7) is 3.46. The van der Waals surface area contributed by atoms with Gasteiger partial charge in [0.1, 0.15) is 10.8 Å². The van der Waals surface area contributed by atoms with Crippen LogP contribution in [-0.4, -0.2) is 15.3 Å². The minimum absolute atomic E-state index is 0.346. The number of hydrogen-bond donors (Lipinski definition) is 1. The van der Waals surface area contributed by atoms with E-state index in [0.717, 1.165) is 5.01 Å². The lowest BCUT2D eigenvalue weighted by Gasteiger charge is -2.06. The molecule has 6 heteroatoms. The molecule has 90 valence electrons. The van der Waals surface area contributed by atoms with Crippen molar-refractivity contribution >= 4 is 23.1 Å². The van der Waals surface area contributed by atoms with Crippen molar-refractivity contribution in [1.82, 2.24) is 10.2 Å². The van der Waals surface area contributed by atoms with E-state index in [0.29, 0.717) is 14.8 Å². The Kier molecular flexibility index (Phi) is 3.76. The Hall–Kier alpha value is -0.980. The number of aryl methyl sites for hydroxylation is 1. The van der Waals surface area contributed by atoms with Crippen LogP contribution in [0.1, 0.15) is 23.6 Å². The summed E-state index contributed by atoms with van der Waals surface area (Å²) in [6, 6.07) is 4.71. The quantitative estimate of drug-likeness (QED) is 0.930. The molecule has 2 rings (SSSR count). The molecule has 1 atom stereocenters. The van der Waals surface area contributed by atoms with Crippen LogP contribution in [0.5, 0.6) is 0 Å². The molecule has 0 amide bonds. The Labute approximate surface area is 107 Å². The van der Waals surface area contributed by atoms with Crippen molar-refractivity contribution < 1.29 is 9.50 Å². The standard InChI is InChI=1S/C11H11FN2OS2/c1-6(15)8-3-4-10(9(12)5-8)17-11-14-13-7(2)16-11/h3-6,15H,1-2H3/t6-/m1/s1. The zero-order valence-corrected chi connectivity index (χ0v) is 11.0. The number of hydrogen-bond acceptors (Lipinski definition) is 5. The third-order valence-electron chi connectivity index (χ3n) is 2.14. The maximum Gasteiger partial charge on any atom is 0.179 e. The van der Waals surface area contributed by atoms with Crippen LogP contribution in [0.25, 0.3) is 0 Å². The van der Waals surface area contributed by atoms with Gasteiger partial charge in [0.2, 0.25) is 0 Å². The number of nitrogens with zero attached hydrogens (tertiary/aromatic N) is 2. The van der Waals surface area contributed by atoms with Gasteiger partial charge < -0.3 is 5.11 Å². The molecule has 0 radical (unpaired) electrons. The summed E-state index contributed by atoms with van der Waals surface area (Å²) in [5, 5.41) is 18.0. The predicted molar refractivity (Wildman–Crippen MR) is 65.8 cm³/mol. The summed E-state index contributed by atoms with van der Waals surface area (Å²) in [5.74, 6) is -0.346. The molecule has 3 nitrogen and oxygen atoms in total. The van der Waals surface area contributed by atoms with E-state index in [1.165, 1.54) is 29.2 Å². The van der Waals surface area contributed by atoms with Gasteiger partial charge in [-0.25, -0.2) is 4.39 Å². The molecule has 1 aromatic heterocycles. The molecule has 0 unspecified atom stereocenters. The van der Waals surface area contributed by atoms with Crippen molar-refractivity contribution in [3.05, 3.63) is 34.6 Å². The molecule has 0 spiro atoms. The second-order valence-electron chi connectivity index (χ2n) is 3.55. The fourth-order valence-electron chi connectivity index (χ4n) is 1.27.